The van der Waals surface area contributed by atoms with Crippen LogP contribution >= 0.6 is 0 Å². The van der Waals surface area contributed by atoms with Crippen molar-refractivity contribution in [3.63, 3.8) is 0 Å². The maximum absolute atomic E-state index is 8.02. The summed E-state index contributed by atoms with van der Waals surface area (Å²) in [5.74, 6) is 0.575. The molecule has 246 valence electrons. The Morgan fingerprint density at radius 1 is 1.14 bits per heavy atom. The first kappa shape index (κ1) is 46.6. The van der Waals surface area contributed by atoms with E-state index < -0.39 is 6.29 Å². The number of aliphatic hydroxyl groups excluding tert-OH is 1. The van der Waals surface area contributed by atoms with E-state index in [1.165, 1.54) is 6.08 Å². The highest BCUT2D eigenvalue weighted by Gasteiger charge is 2.00. The molecule has 1 aromatic rings. The Balaban J connectivity index is -0.000000276. The van der Waals surface area contributed by atoms with Crippen LogP contribution in [0.15, 0.2) is 91.0 Å². The van der Waals surface area contributed by atoms with Crippen LogP contribution in [0, 0.1) is 6.92 Å². The first-order valence-electron chi connectivity index (χ1n) is 15.0. The SMILES string of the molecule is C/C=C/C(O)O.C=C/C=C(\C=C)Oc1nccc(C)n1.C=CCOCCCCN(CC)C/N=C\C(=C/C)NC.CC.CC. The fraction of sp³-hybridized carbons (Fsp3) is 0.500. The number of aliphatic imine (C=N–C) groups is 1. The van der Waals surface area contributed by atoms with Crippen LogP contribution in [0.2, 0.25) is 0 Å². The highest BCUT2D eigenvalue weighted by atomic mass is 16.5. The Morgan fingerprint density at radius 2 is 1.81 bits per heavy atom. The normalized spacial score (nSPS) is 10.8. The van der Waals surface area contributed by atoms with Gasteiger partial charge in [-0.05, 0) is 71.0 Å². The molecule has 9 heteroatoms. The molecule has 0 aromatic carbocycles. The molecule has 0 atom stereocenters. The second kappa shape index (κ2) is 38.6. The second-order valence-corrected chi connectivity index (χ2v) is 7.76. The van der Waals surface area contributed by atoms with Gasteiger partial charge in [-0.1, -0.05) is 72.1 Å². The Labute approximate surface area is 263 Å². The zero-order valence-electron chi connectivity index (χ0n) is 28.4. The van der Waals surface area contributed by atoms with E-state index in [9.17, 15) is 0 Å². The fourth-order valence-electron chi connectivity index (χ4n) is 2.59. The molecule has 9 nitrogen and oxygen atoms in total. The molecule has 3 N–H and O–H groups in total. The molecule has 43 heavy (non-hydrogen) atoms. The van der Waals surface area contributed by atoms with E-state index in [4.69, 9.17) is 19.7 Å². The highest BCUT2D eigenvalue weighted by molar-refractivity contribution is 5.77. The summed E-state index contributed by atoms with van der Waals surface area (Å²) in [6.45, 7) is 30.9. The van der Waals surface area contributed by atoms with Gasteiger partial charge in [0.1, 0.15) is 5.76 Å². The molecule has 1 heterocycles. The van der Waals surface area contributed by atoms with Crippen molar-refractivity contribution in [2.24, 2.45) is 4.99 Å². The minimum Gasteiger partial charge on any atom is -0.424 e. The number of allylic oxidation sites excluding steroid dienone is 6. The minimum atomic E-state index is -1.28. The molecular formula is C34H61N5O4. The Morgan fingerprint density at radius 3 is 2.26 bits per heavy atom. The second-order valence-electron chi connectivity index (χ2n) is 7.76. The summed E-state index contributed by atoms with van der Waals surface area (Å²) in [7, 11) is 1.90. The van der Waals surface area contributed by atoms with E-state index in [0.717, 1.165) is 50.6 Å². The number of ether oxygens (including phenoxy) is 2. The van der Waals surface area contributed by atoms with Crippen LogP contribution in [0.1, 0.15) is 67.0 Å². The lowest BCUT2D eigenvalue weighted by molar-refractivity contribution is 0.00228. The van der Waals surface area contributed by atoms with Crippen LogP contribution < -0.4 is 10.1 Å². The van der Waals surface area contributed by atoms with Gasteiger partial charge in [-0.3, -0.25) is 9.89 Å². The fourth-order valence-corrected chi connectivity index (χ4v) is 2.59. The summed E-state index contributed by atoms with van der Waals surface area (Å²) in [6, 6.07) is 2.12. The van der Waals surface area contributed by atoms with Crippen LogP contribution in [0.4, 0.5) is 0 Å². The molecule has 0 amide bonds. The quantitative estimate of drug-likeness (QED) is 0.0446. The van der Waals surface area contributed by atoms with E-state index in [0.29, 0.717) is 18.4 Å². The molecule has 0 unspecified atom stereocenters. The van der Waals surface area contributed by atoms with Gasteiger partial charge in [-0.25, -0.2) is 9.97 Å². The Bertz CT molecular complexity index is 897. The molecule has 0 aliphatic heterocycles. The van der Waals surface area contributed by atoms with Gasteiger partial charge in [0.25, 0.3) is 0 Å². The average molecular weight is 604 g/mol. The molecule has 0 radical (unpaired) electrons. The molecular weight excluding hydrogens is 542 g/mol. The van der Waals surface area contributed by atoms with Gasteiger partial charge in [-0.15, -0.1) is 6.58 Å². The molecule has 0 saturated heterocycles. The van der Waals surface area contributed by atoms with E-state index >= 15 is 0 Å². The average Bonchev–Trinajstić information content (AvgIpc) is 3.02. The van der Waals surface area contributed by atoms with Crippen molar-refractivity contribution in [2.45, 2.75) is 74.5 Å². The maximum atomic E-state index is 8.02. The molecule has 0 spiro atoms. The van der Waals surface area contributed by atoms with Gasteiger partial charge >= 0.3 is 6.01 Å². The van der Waals surface area contributed by atoms with E-state index in [2.05, 4.69) is 51.8 Å². The van der Waals surface area contributed by atoms with Crippen molar-refractivity contribution >= 4 is 6.21 Å². The van der Waals surface area contributed by atoms with Crippen LogP contribution in [0.3, 0.4) is 0 Å². The zero-order valence-corrected chi connectivity index (χ0v) is 28.4. The van der Waals surface area contributed by atoms with Crippen molar-refractivity contribution in [1.29, 1.82) is 0 Å². The summed E-state index contributed by atoms with van der Waals surface area (Å²) in [4.78, 5) is 14.8. The van der Waals surface area contributed by atoms with Gasteiger partial charge in [0.05, 0.1) is 13.3 Å². The molecule has 1 aromatic heterocycles. The summed E-state index contributed by atoms with van der Waals surface area (Å²) < 4.78 is 10.7. The zero-order chi connectivity index (χ0) is 33.7. The van der Waals surface area contributed by atoms with Crippen molar-refractivity contribution in [2.75, 3.05) is 40.0 Å². The first-order valence-corrected chi connectivity index (χ1v) is 15.0. The lowest BCUT2D eigenvalue weighted by Crippen LogP contribution is -2.25. The summed E-state index contributed by atoms with van der Waals surface area (Å²) in [5.41, 5.74) is 1.91. The van der Waals surface area contributed by atoms with Gasteiger partial charge in [0, 0.05) is 37.5 Å². The standard InChI is InChI=1S/C15H29N3O.C11H12N2O.C4H8O2.2C2H6/c1-5-11-19-12-9-8-10-18(7-3)14-17-13-15(6-2)16-4;1-4-6-10(5-2)14-11-12-8-7-9(3)13-11;1-2-3-4(5)6;2*1-2/h5-6,13,16H,1,7-12,14H2,2-4H3;4-8H,1-2H2,3H3;2-6H,1H3;2*1-2H3/b15-6+,17-13-;10-6+;3-2+;;. The predicted octanol–water partition coefficient (Wildman–Crippen LogP) is 6.79. The number of aliphatic hydroxyl groups is 2. The topological polar surface area (TPSA) is 112 Å². The Kier molecular flexibility index (Phi) is 41.9. The number of unbranched alkanes of at least 4 members (excludes halogenated alkanes) is 1. The predicted molar refractivity (Wildman–Crippen MR) is 185 cm³/mol. The largest absolute Gasteiger partial charge is 0.424 e. The number of nitrogens with one attached hydrogen (secondary N) is 1. The molecule has 1 rings (SSSR count). The van der Waals surface area contributed by atoms with Gasteiger partial charge in [0.2, 0.25) is 0 Å². The number of rotatable bonds is 17. The monoisotopic (exact) mass is 603 g/mol. The maximum Gasteiger partial charge on any atom is 0.322 e. The molecule has 0 saturated carbocycles. The van der Waals surface area contributed by atoms with Crippen molar-refractivity contribution < 1.29 is 19.7 Å². The molecule has 0 fully saturated rings. The lowest BCUT2D eigenvalue weighted by atomic mass is 10.3. The van der Waals surface area contributed by atoms with Crippen LogP contribution in [0.5, 0.6) is 6.01 Å². The molecule has 0 aliphatic rings. The van der Waals surface area contributed by atoms with Crippen LogP contribution in [-0.2, 0) is 4.74 Å². The summed E-state index contributed by atoms with van der Waals surface area (Å²) in [5, 5.41) is 19.1. The number of aromatic nitrogens is 2. The third-order valence-electron chi connectivity index (χ3n) is 4.64. The number of aryl methyl sites for hydroxylation is 1. The number of hydrogen-bond donors (Lipinski definition) is 3. The summed E-state index contributed by atoms with van der Waals surface area (Å²) in [6.07, 6.45) is 16.0. The number of hydrogen-bond acceptors (Lipinski definition) is 9. The van der Waals surface area contributed by atoms with E-state index in [1.807, 2.05) is 60.9 Å². The third kappa shape index (κ3) is 34.7. The van der Waals surface area contributed by atoms with E-state index in [-0.39, 0.29) is 0 Å². The smallest absolute Gasteiger partial charge is 0.322 e. The van der Waals surface area contributed by atoms with Crippen LogP contribution in [-0.4, -0.2) is 77.6 Å². The molecule has 0 aliphatic carbocycles. The number of nitrogens with zero attached hydrogens (tertiary/aromatic N) is 4. The van der Waals surface area contributed by atoms with Crippen LogP contribution in [0.25, 0.3) is 0 Å². The summed E-state index contributed by atoms with van der Waals surface area (Å²) >= 11 is 0. The van der Waals surface area contributed by atoms with Gasteiger partial charge in [-0.2, -0.15) is 0 Å². The lowest BCUT2D eigenvalue weighted by Gasteiger charge is -2.17. The van der Waals surface area contributed by atoms with Crippen molar-refractivity contribution in [3.8, 4) is 6.01 Å². The van der Waals surface area contributed by atoms with Gasteiger partial charge in [0.15, 0.2) is 6.29 Å². The van der Waals surface area contributed by atoms with Crippen molar-refractivity contribution in [1.82, 2.24) is 20.2 Å². The van der Waals surface area contributed by atoms with E-state index in [1.54, 1.807) is 49.6 Å². The molecule has 0 bridgehead atoms. The minimum absolute atomic E-state index is 0.318. The Hall–Kier alpha value is -3.37. The van der Waals surface area contributed by atoms with Crippen molar-refractivity contribution in [3.05, 3.63) is 91.7 Å². The first-order chi connectivity index (χ1) is 20.8. The highest BCUT2D eigenvalue weighted by Crippen LogP contribution is 2.07. The van der Waals surface area contributed by atoms with Gasteiger partial charge < -0.3 is 25.0 Å². The third-order valence-corrected chi connectivity index (χ3v) is 4.64.